The van der Waals surface area contributed by atoms with Crippen LogP contribution in [0.1, 0.15) is 11.1 Å². The number of nitrogens with one attached hydrogen (secondary N) is 1. The van der Waals surface area contributed by atoms with Crippen LogP contribution in [-0.4, -0.2) is 28.8 Å². The topological polar surface area (TPSA) is 65.4 Å². The molecule has 3 aromatic carbocycles. The first-order chi connectivity index (χ1) is 15.8. The van der Waals surface area contributed by atoms with Crippen molar-refractivity contribution in [2.24, 2.45) is 0 Å². The van der Waals surface area contributed by atoms with Gasteiger partial charge in [0.05, 0.1) is 5.69 Å². The van der Waals surface area contributed by atoms with Crippen LogP contribution in [-0.2, 0) is 17.8 Å². The van der Waals surface area contributed by atoms with E-state index in [1.165, 1.54) is 0 Å². The molecule has 32 heavy (non-hydrogen) atoms. The molecule has 1 aromatic heterocycles. The van der Waals surface area contributed by atoms with Crippen LogP contribution in [0, 0.1) is 0 Å². The third-order valence-corrected chi connectivity index (χ3v) is 4.88. The maximum absolute atomic E-state index is 12.1. The van der Waals surface area contributed by atoms with Crippen LogP contribution in [0.25, 0.3) is 5.69 Å². The summed E-state index contributed by atoms with van der Waals surface area (Å²) >= 11 is 0. The Balaban J connectivity index is 1.15. The Bertz CT molecular complexity index is 1090. The summed E-state index contributed by atoms with van der Waals surface area (Å²) in [7, 11) is 0. The lowest BCUT2D eigenvalue weighted by Gasteiger charge is -2.10. The first-order valence-corrected chi connectivity index (χ1v) is 10.5. The fraction of sp³-hybridized carbons (Fsp3) is 0.154. The number of rotatable bonds is 10. The second kappa shape index (κ2) is 10.8. The maximum atomic E-state index is 12.1. The Hall–Kier alpha value is -4.06. The minimum absolute atomic E-state index is 0.0253. The molecule has 6 nitrogen and oxygen atoms in total. The van der Waals surface area contributed by atoms with Gasteiger partial charge in [-0.3, -0.25) is 4.79 Å². The van der Waals surface area contributed by atoms with E-state index in [-0.39, 0.29) is 12.5 Å². The minimum Gasteiger partial charge on any atom is -0.489 e. The molecule has 0 aliphatic rings. The van der Waals surface area contributed by atoms with Gasteiger partial charge in [-0.25, -0.2) is 4.68 Å². The molecule has 162 valence electrons. The summed E-state index contributed by atoms with van der Waals surface area (Å²) in [6.07, 6.45) is 4.40. The number of amides is 1. The van der Waals surface area contributed by atoms with Crippen LogP contribution >= 0.6 is 0 Å². The van der Waals surface area contributed by atoms with Crippen molar-refractivity contribution in [3.63, 3.8) is 0 Å². The molecule has 0 radical (unpaired) electrons. The predicted octanol–water partition coefficient (Wildman–Crippen LogP) is 4.19. The average molecular weight is 428 g/mol. The molecule has 0 saturated heterocycles. The van der Waals surface area contributed by atoms with Gasteiger partial charge in [0.2, 0.25) is 0 Å². The summed E-state index contributed by atoms with van der Waals surface area (Å²) in [5.74, 6) is 1.23. The molecule has 6 heteroatoms. The van der Waals surface area contributed by atoms with Gasteiger partial charge >= 0.3 is 0 Å². The third kappa shape index (κ3) is 6.22. The number of carbonyl (C=O) groups excluding carboxylic acids is 1. The normalized spacial score (nSPS) is 10.5. The molecule has 0 aliphatic heterocycles. The zero-order valence-corrected chi connectivity index (χ0v) is 17.7. The smallest absolute Gasteiger partial charge is 0.257 e. The van der Waals surface area contributed by atoms with Crippen molar-refractivity contribution in [2.75, 3.05) is 13.2 Å². The van der Waals surface area contributed by atoms with Crippen molar-refractivity contribution < 1.29 is 14.3 Å². The fourth-order valence-electron chi connectivity index (χ4n) is 3.16. The minimum atomic E-state index is -0.150. The average Bonchev–Trinajstić information content (AvgIpc) is 3.38. The number of aromatic nitrogens is 2. The van der Waals surface area contributed by atoms with Crippen molar-refractivity contribution in [1.29, 1.82) is 0 Å². The molecule has 0 saturated carbocycles. The van der Waals surface area contributed by atoms with E-state index in [4.69, 9.17) is 9.47 Å². The van der Waals surface area contributed by atoms with Crippen LogP contribution in [0.2, 0.25) is 0 Å². The van der Waals surface area contributed by atoms with Gasteiger partial charge < -0.3 is 14.8 Å². The van der Waals surface area contributed by atoms with Gasteiger partial charge in [0.15, 0.2) is 6.61 Å². The number of ether oxygens (including phenoxy) is 2. The highest BCUT2D eigenvalue weighted by Crippen LogP contribution is 2.18. The summed E-state index contributed by atoms with van der Waals surface area (Å²) < 4.78 is 13.1. The van der Waals surface area contributed by atoms with Gasteiger partial charge in [0.25, 0.3) is 5.91 Å². The molecule has 1 heterocycles. The van der Waals surface area contributed by atoms with E-state index in [2.05, 4.69) is 10.4 Å². The van der Waals surface area contributed by atoms with E-state index in [0.717, 1.165) is 29.0 Å². The van der Waals surface area contributed by atoms with Crippen molar-refractivity contribution in [3.8, 4) is 17.2 Å². The van der Waals surface area contributed by atoms with Crippen LogP contribution in [0.15, 0.2) is 97.3 Å². The van der Waals surface area contributed by atoms with Gasteiger partial charge in [-0.05, 0) is 60.0 Å². The Labute approximate surface area is 187 Å². The molecular formula is C26H25N3O3. The van der Waals surface area contributed by atoms with Gasteiger partial charge in [0, 0.05) is 18.9 Å². The molecule has 0 bridgehead atoms. The van der Waals surface area contributed by atoms with E-state index < -0.39 is 0 Å². The molecule has 0 spiro atoms. The molecule has 4 rings (SSSR count). The summed E-state index contributed by atoms with van der Waals surface area (Å²) in [4.78, 5) is 12.1. The summed E-state index contributed by atoms with van der Waals surface area (Å²) in [5.41, 5.74) is 3.26. The van der Waals surface area contributed by atoms with Gasteiger partial charge in [-0.2, -0.15) is 5.10 Å². The Morgan fingerprint density at radius 1 is 0.812 bits per heavy atom. The van der Waals surface area contributed by atoms with Crippen molar-refractivity contribution >= 4 is 5.91 Å². The van der Waals surface area contributed by atoms with Gasteiger partial charge in [0.1, 0.15) is 18.1 Å². The highest BCUT2D eigenvalue weighted by Gasteiger charge is 2.04. The summed E-state index contributed by atoms with van der Waals surface area (Å²) in [5, 5.41) is 7.10. The number of carbonyl (C=O) groups is 1. The second-order valence-corrected chi connectivity index (χ2v) is 7.25. The Morgan fingerprint density at radius 2 is 1.53 bits per heavy atom. The van der Waals surface area contributed by atoms with Crippen LogP contribution < -0.4 is 14.8 Å². The standard InChI is InChI=1S/C26H25N3O3/c30-26(27-17-15-21-7-9-23(10-8-21)29-18-4-16-28-29)20-32-25-13-11-24(12-14-25)31-19-22-5-2-1-3-6-22/h1-14,16,18H,15,17,19-20H2,(H,27,30). The quantitative estimate of drug-likeness (QED) is 0.412. The highest BCUT2D eigenvalue weighted by molar-refractivity contribution is 5.77. The zero-order valence-electron chi connectivity index (χ0n) is 17.7. The zero-order chi connectivity index (χ0) is 22.0. The number of benzene rings is 3. The van der Waals surface area contributed by atoms with E-state index >= 15 is 0 Å². The van der Waals surface area contributed by atoms with E-state index in [1.54, 1.807) is 18.3 Å². The Morgan fingerprint density at radius 3 is 2.22 bits per heavy atom. The largest absolute Gasteiger partial charge is 0.489 e. The maximum Gasteiger partial charge on any atom is 0.257 e. The summed E-state index contributed by atoms with van der Waals surface area (Å²) in [6.45, 7) is 1.04. The number of nitrogens with zero attached hydrogens (tertiary/aromatic N) is 2. The van der Waals surface area contributed by atoms with Crippen LogP contribution in [0.5, 0.6) is 11.5 Å². The highest BCUT2D eigenvalue weighted by atomic mass is 16.5. The first-order valence-electron chi connectivity index (χ1n) is 10.5. The number of hydrogen-bond acceptors (Lipinski definition) is 4. The van der Waals surface area contributed by atoms with E-state index in [0.29, 0.717) is 18.9 Å². The lowest BCUT2D eigenvalue weighted by atomic mass is 10.1. The van der Waals surface area contributed by atoms with Gasteiger partial charge in [-0.1, -0.05) is 42.5 Å². The second-order valence-electron chi connectivity index (χ2n) is 7.25. The van der Waals surface area contributed by atoms with Crippen LogP contribution in [0.3, 0.4) is 0 Å². The predicted molar refractivity (Wildman–Crippen MR) is 123 cm³/mol. The first kappa shape index (κ1) is 21.2. The van der Waals surface area contributed by atoms with E-state index in [9.17, 15) is 4.79 Å². The fourth-order valence-corrected chi connectivity index (χ4v) is 3.16. The molecule has 1 amide bonds. The molecule has 0 aliphatic carbocycles. The van der Waals surface area contributed by atoms with Crippen LogP contribution in [0.4, 0.5) is 0 Å². The lowest BCUT2D eigenvalue weighted by molar-refractivity contribution is -0.123. The van der Waals surface area contributed by atoms with Gasteiger partial charge in [-0.15, -0.1) is 0 Å². The van der Waals surface area contributed by atoms with Crippen molar-refractivity contribution in [2.45, 2.75) is 13.0 Å². The molecule has 0 atom stereocenters. The third-order valence-electron chi connectivity index (χ3n) is 4.88. The van der Waals surface area contributed by atoms with E-state index in [1.807, 2.05) is 83.7 Å². The van der Waals surface area contributed by atoms with Crippen molar-refractivity contribution in [3.05, 3.63) is 108 Å². The monoisotopic (exact) mass is 427 g/mol. The number of hydrogen-bond donors (Lipinski definition) is 1. The lowest BCUT2D eigenvalue weighted by Crippen LogP contribution is -2.30. The molecule has 0 fully saturated rings. The molecular weight excluding hydrogens is 402 g/mol. The molecule has 1 N–H and O–H groups in total. The molecule has 4 aromatic rings. The summed E-state index contributed by atoms with van der Waals surface area (Å²) in [6, 6.07) is 27.3. The Kier molecular flexibility index (Phi) is 7.16. The van der Waals surface area contributed by atoms with Crippen molar-refractivity contribution in [1.82, 2.24) is 15.1 Å². The SMILES string of the molecule is O=C(COc1ccc(OCc2ccccc2)cc1)NCCc1ccc(-n2cccn2)cc1. The molecule has 0 unspecified atom stereocenters.